The molecule has 0 aromatic heterocycles. The van der Waals surface area contributed by atoms with Crippen molar-refractivity contribution in [2.24, 2.45) is 5.73 Å². The molecule has 18 heavy (non-hydrogen) atoms. The summed E-state index contributed by atoms with van der Waals surface area (Å²) in [5, 5.41) is 11.2. The van der Waals surface area contributed by atoms with Crippen LogP contribution in [0.4, 0.5) is 5.69 Å². The van der Waals surface area contributed by atoms with Crippen LogP contribution in [0, 0.1) is 5.41 Å². The number of amidine groups is 1. The first kappa shape index (κ1) is 14.8. The van der Waals surface area contributed by atoms with Crippen LogP contribution in [-0.4, -0.2) is 39.3 Å². The number of nitrogens with two attached hydrogens (primary N) is 1. The number of halogens is 1. The predicted molar refractivity (Wildman–Crippen MR) is 73.6 cm³/mol. The van der Waals surface area contributed by atoms with Crippen LogP contribution in [0.15, 0.2) is 18.2 Å². The van der Waals surface area contributed by atoms with Crippen molar-refractivity contribution < 1.29 is 9.47 Å². The van der Waals surface area contributed by atoms with E-state index in [0.29, 0.717) is 23.7 Å². The molecule has 0 aliphatic rings. The Bertz CT molecular complexity index is 412. The minimum Gasteiger partial charge on any atom is -0.384 e. The maximum absolute atomic E-state index is 7.51. The predicted octanol–water partition coefficient (Wildman–Crippen LogP) is 1.70. The number of hydrogen-bond acceptors (Lipinski definition) is 4. The van der Waals surface area contributed by atoms with Crippen molar-refractivity contribution in [3.8, 4) is 0 Å². The van der Waals surface area contributed by atoms with Crippen molar-refractivity contribution in [2.75, 3.05) is 32.7 Å². The summed E-state index contributed by atoms with van der Waals surface area (Å²) in [4.78, 5) is 0. The quantitative estimate of drug-likeness (QED) is 0.521. The highest BCUT2D eigenvalue weighted by Gasteiger charge is 2.10. The molecule has 6 heteroatoms. The molecule has 5 nitrogen and oxygen atoms in total. The normalized spacial score (nSPS) is 12.2. The molecule has 1 unspecified atom stereocenters. The first-order valence-corrected chi connectivity index (χ1v) is 5.85. The van der Waals surface area contributed by atoms with E-state index in [9.17, 15) is 0 Å². The third kappa shape index (κ3) is 4.18. The van der Waals surface area contributed by atoms with Gasteiger partial charge >= 0.3 is 0 Å². The van der Waals surface area contributed by atoms with E-state index in [1.165, 1.54) is 0 Å². The molecule has 0 bridgehead atoms. The molecule has 0 saturated heterocycles. The summed E-state index contributed by atoms with van der Waals surface area (Å²) in [6.45, 7) is 1.05. The zero-order valence-corrected chi connectivity index (χ0v) is 11.3. The summed E-state index contributed by atoms with van der Waals surface area (Å²) in [7, 11) is 3.24. The van der Waals surface area contributed by atoms with Crippen LogP contribution in [0.5, 0.6) is 0 Å². The minimum atomic E-state index is -0.0644. The Balaban J connectivity index is 2.74. The number of rotatable bonds is 7. The van der Waals surface area contributed by atoms with Crippen molar-refractivity contribution in [1.29, 1.82) is 5.41 Å². The zero-order valence-electron chi connectivity index (χ0n) is 10.5. The molecule has 0 amide bonds. The average Bonchev–Trinajstić information content (AvgIpc) is 2.35. The van der Waals surface area contributed by atoms with Gasteiger partial charge in [0, 0.05) is 37.0 Å². The van der Waals surface area contributed by atoms with E-state index in [1.54, 1.807) is 32.4 Å². The van der Waals surface area contributed by atoms with Crippen LogP contribution in [0.3, 0.4) is 0 Å². The Kier molecular flexibility index (Phi) is 5.91. The van der Waals surface area contributed by atoms with E-state index in [4.69, 9.17) is 32.2 Å². The fourth-order valence-electron chi connectivity index (χ4n) is 1.51. The van der Waals surface area contributed by atoms with Crippen LogP contribution in [-0.2, 0) is 9.47 Å². The molecular formula is C12H18ClN3O2. The van der Waals surface area contributed by atoms with Gasteiger partial charge in [0.2, 0.25) is 0 Å². The van der Waals surface area contributed by atoms with Gasteiger partial charge in [0.1, 0.15) is 5.84 Å². The Morgan fingerprint density at radius 1 is 1.50 bits per heavy atom. The first-order chi connectivity index (χ1) is 8.58. The van der Waals surface area contributed by atoms with Gasteiger partial charge in [-0.1, -0.05) is 11.6 Å². The number of ether oxygens (including phenoxy) is 2. The van der Waals surface area contributed by atoms with Crippen LogP contribution >= 0.6 is 11.6 Å². The third-order valence-electron chi connectivity index (χ3n) is 2.48. The van der Waals surface area contributed by atoms with Gasteiger partial charge in [-0.2, -0.15) is 0 Å². The maximum atomic E-state index is 7.51. The van der Waals surface area contributed by atoms with E-state index in [0.717, 1.165) is 5.69 Å². The molecule has 1 rings (SSSR count). The molecule has 1 aromatic rings. The van der Waals surface area contributed by atoms with Crippen LogP contribution in [0.2, 0.25) is 5.02 Å². The molecule has 0 heterocycles. The van der Waals surface area contributed by atoms with Gasteiger partial charge in [-0.25, -0.2) is 0 Å². The molecule has 0 spiro atoms. The topological polar surface area (TPSA) is 80.4 Å². The molecule has 0 radical (unpaired) electrons. The molecule has 4 N–H and O–H groups in total. The van der Waals surface area contributed by atoms with Gasteiger partial charge in [0.15, 0.2) is 0 Å². The maximum Gasteiger partial charge on any atom is 0.124 e. The van der Waals surface area contributed by atoms with Crippen molar-refractivity contribution >= 4 is 23.1 Å². The average molecular weight is 272 g/mol. The number of nitrogen functional groups attached to an aromatic ring is 1. The van der Waals surface area contributed by atoms with Crippen LogP contribution < -0.4 is 11.1 Å². The van der Waals surface area contributed by atoms with Crippen molar-refractivity contribution in [3.05, 3.63) is 28.8 Å². The Morgan fingerprint density at radius 2 is 2.22 bits per heavy atom. The number of hydrogen-bond donors (Lipinski definition) is 3. The van der Waals surface area contributed by atoms with Gasteiger partial charge in [0.05, 0.1) is 12.7 Å². The van der Waals surface area contributed by atoms with Gasteiger partial charge in [-0.05, 0) is 18.2 Å². The highest BCUT2D eigenvalue weighted by molar-refractivity contribution is 6.31. The van der Waals surface area contributed by atoms with Crippen molar-refractivity contribution in [1.82, 2.24) is 0 Å². The minimum absolute atomic E-state index is 0.0271. The summed E-state index contributed by atoms with van der Waals surface area (Å²) in [6.07, 6.45) is -0.0644. The van der Waals surface area contributed by atoms with Crippen molar-refractivity contribution in [3.63, 3.8) is 0 Å². The lowest BCUT2D eigenvalue weighted by atomic mass is 10.1. The Labute approximate surface area is 112 Å². The largest absolute Gasteiger partial charge is 0.384 e. The lowest BCUT2D eigenvalue weighted by molar-refractivity contribution is 0.0365. The summed E-state index contributed by atoms with van der Waals surface area (Å²) in [5.41, 5.74) is 6.84. The standard InChI is InChI=1S/C12H18ClN3O2/c1-17-7-9(18-2)6-16-11-4-3-8(13)5-10(11)12(14)15/h3-5,9,16H,6-7H2,1-2H3,(H3,14,15). The van der Waals surface area contributed by atoms with E-state index in [1.807, 2.05) is 0 Å². The highest BCUT2D eigenvalue weighted by atomic mass is 35.5. The molecule has 0 aliphatic carbocycles. The van der Waals surface area contributed by atoms with Gasteiger partial charge in [0.25, 0.3) is 0 Å². The fourth-order valence-corrected chi connectivity index (χ4v) is 1.69. The molecule has 1 aromatic carbocycles. The van der Waals surface area contributed by atoms with Gasteiger partial charge in [-0.3, -0.25) is 5.41 Å². The lowest BCUT2D eigenvalue weighted by Gasteiger charge is -2.17. The van der Waals surface area contributed by atoms with Crippen LogP contribution in [0.25, 0.3) is 0 Å². The van der Waals surface area contributed by atoms with E-state index in [2.05, 4.69) is 5.32 Å². The number of nitrogens with one attached hydrogen (secondary N) is 2. The summed E-state index contributed by atoms with van der Waals surface area (Å²) < 4.78 is 10.3. The van der Waals surface area contributed by atoms with Crippen molar-refractivity contribution in [2.45, 2.75) is 6.10 Å². The van der Waals surface area contributed by atoms with E-state index < -0.39 is 0 Å². The number of methoxy groups -OCH3 is 2. The molecule has 100 valence electrons. The lowest BCUT2D eigenvalue weighted by Crippen LogP contribution is -2.27. The summed E-state index contributed by atoms with van der Waals surface area (Å²) >= 11 is 5.88. The zero-order chi connectivity index (χ0) is 13.5. The molecular weight excluding hydrogens is 254 g/mol. The number of anilines is 1. The second kappa shape index (κ2) is 7.20. The number of benzene rings is 1. The molecule has 0 saturated carbocycles. The smallest absolute Gasteiger partial charge is 0.124 e. The second-order valence-corrected chi connectivity index (χ2v) is 4.23. The first-order valence-electron chi connectivity index (χ1n) is 5.48. The molecule has 0 fully saturated rings. The third-order valence-corrected chi connectivity index (χ3v) is 2.71. The SMILES string of the molecule is COCC(CNc1ccc(Cl)cc1C(=N)N)OC. The van der Waals surface area contributed by atoms with Crippen LogP contribution in [0.1, 0.15) is 5.56 Å². The van der Waals surface area contributed by atoms with Gasteiger partial charge in [-0.15, -0.1) is 0 Å². The van der Waals surface area contributed by atoms with E-state index in [-0.39, 0.29) is 11.9 Å². The molecule has 0 aliphatic heterocycles. The summed E-state index contributed by atoms with van der Waals surface area (Å²) in [5.74, 6) is -0.0271. The molecule has 1 atom stereocenters. The fraction of sp³-hybridized carbons (Fsp3) is 0.417. The highest BCUT2D eigenvalue weighted by Crippen LogP contribution is 2.20. The monoisotopic (exact) mass is 271 g/mol. The Hall–Kier alpha value is -1.30. The Morgan fingerprint density at radius 3 is 2.78 bits per heavy atom. The second-order valence-electron chi connectivity index (χ2n) is 3.80. The van der Waals surface area contributed by atoms with E-state index >= 15 is 0 Å². The summed E-state index contributed by atoms with van der Waals surface area (Å²) in [6, 6.07) is 5.19. The van der Waals surface area contributed by atoms with Gasteiger partial charge < -0.3 is 20.5 Å².